The second-order valence-corrected chi connectivity index (χ2v) is 5.76. The van der Waals surface area contributed by atoms with E-state index in [1.54, 1.807) is 34.6 Å². The van der Waals surface area contributed by atoms with E-state index in [4.69, 9.17) is 15.3 Å². The van der Waals surface area contributed by atoms with Crippen molar-refractivity contribution in [1.29, 1.82) is 0 Å². The zero-order valence-corrected chi connectivity index (χ0v) is 13.3. The molecule has 0 aliphatic heterocycles. The van der Waals surface area contributed by atoms with E-state index < -0.39 is 17.4 Å². The van der Waals surface area contributed by atoms with Crippen molar-refractivity contribution in [3.8, 4) is 0 Å². The summed E-state index contributed by atoms with van der Waals surface area (Å²) < 4.78 is 4.14. The third kappa shape index (κ3) is 19.0. The molecule has 0 fully saturated rings. The van der Waals surface area contributed by atoms with Crippen molar-refractivity contribution in [2.45, 2.75) is 34.6 Å². The van der Waals surface area contributed by atoms with E-state index in [2.05, 4.69) is 11.3 Å². The van der Waals surface area contributed by atoms with Crippen LogP contribution in [0.5, 0.6) is 0 Å². The van der Waals surface area contributed by atoms with Gasteiger partial charge in [-0.15, -0.1) is 0 Å². The van der Waals surface area contributed by atoms with Gasteiger partial charge in [0, 0.05) is 11.5 Å². The van der Waals surface area contributed by atoms with E-state index in [0.717, 1.165) is 6.08 Å². The SMILES string of the molecule is C=CC(=O)OC.CC(C)(C)C(=O)O.CC(C)(CO)CO. The summed E-state index contributed by atoms with van der Waals surface area (Å²) in [4.78, 5) is 19.9. The van der Waals surface area contributed by atoms with Crippen molar-refractivity contribution >= 4 is 11.9 Å². The van der Waals surface area contributed by atoms with Crippen LogP contribution in [-0.4, -0.2) is 47.6 Å². The first-order valence-corrected chi connectivity index (χ1v) is 6.03. The van der Waals surface area contributed by atoms with Crippen LogP contribution in [-0.2, 0) is 14.3 Å². The van der Waals surface area contributed by atoms with Gasteiger partial charge in [0.25, 0.3) is 0 Å². The molecule has 0 amide bonds. The molecule has 0 rings (SSSR count). The predicted octanol–water partition coefficient (Wildman–Crippen LogP) is 1.46. The number of carbonyl (C=O) groups is 2. The maximum absolute atomic E-state index is 10.0. The number of aliphatic carboxylic acids is 1. The Balaban J connectivity index is -0.000000218. The van der Waals surface area contributed by atoms with Gasteiger partial charge in [-0.05, 0) is 20.8 Å². The molecule has 0 aromatic rings. The van der Waals surface area contributed by atoms with Crippen molar-refractivity contribution < 1.29 is 29.6 Å². The van der Waals surface area contributed by atoms with Gasteiger partial charge in [0.05, 0.1) is 25.7 Å². The van der Waals surface area contributed by atoms with E-state index >= 15 is 0 Å². The van der Waals surface area contributed by atoms with Crippen molar-refractivity contribution in [3.63, 3.8) is 0 Å². The van der Waals surface area contributed by atoms with Gasteiger partial charge < -0.3 is 20.1 Å². The zero-order valence-electron chi connectivity index (χ0n) is 13.3. The molecule has 0 radical (unpaired) electrons. The molecule has 0 aromatic carbocycles. The molecule has 120 valence electrons. The standard InChI is InChI=1S/C5H10O2.C5H12O2.C4H6O2/c1-5(2,3)4(6)7;1-5(2,3-6)4-7;1-3-4(5)6-2/h1-3H3,(H,6,7);6-7H,3-4H2,1-2H3;3H,1H2,2H3. The lowest BCUT2D eigenvalue weighted by Gasteiger charge is -2.16. The minimum Gasteiger partial charge on any atom is -0.481 e. The lowest BCUT2D eigenvalue weighted by Crippen LogP contribution is -2.20. The lowest BCUT2D eigenvalue weighted by atomic mass is 9.97. The molecule has 3 N–H and O–H groups in total. The van der Waals surface area contributed by atoms with Gasteiger partial charge in [0.1, 0.15) is 0 Å². The number of rotatable bonds is 3. The smallest absolute Gasteiger partial charge is 0.329 e. The van der Waals surface area contributed by atoms with E-state index in [9.17, 15) is 9.59 Å². The van der Waals surface area contributed by atoms with Gasteiger partial charge in [-0.1, -0.05) is 20.4 Å². The number of hydrogen-bond acceptors (Lipinski definition) is 5. The Hall–Kier alpha value is -1.40. The number of methoxy groups -OCH3 is 1. The number of ether oxygens (including phenoxy) is 1. The van der Waals surface area contributed by atoms with Crippen LogP contribution in [0.4, 0.5) is 0 Å². The molecule has 0 aromatic heterocycles. The Morgan fingerprint density at radius 1 is 1.10 bits per heavy atom. The highest BCUT2D eigenvalue weighted by Gasteiger charge is 2.18. The summed E-state index contributed by atoms with van der Waals surface area (Å²) in [5.41, 5.74) is -0.889. The van der Waals surface area contributed by atoms with Crippen LogP contribution in [0.25, 0.3) is 0 Å². The fourth-order valence-corrected chi connectivity index (χ4v) is 0.133. The molecular formula is C14H28O6. The molecule has 0 heterocycles. The molecule has 0 atom stereocenters. The molecule has 6 nitrogen and oxygen atoms in total. The maximum atomic E-state index is 10.0. The Morgan fingerprint density at radius 2 is 1.40 bits per heavy atom. The van der Waals surface area contributed by atoms with Crippen LogP contribution in [0.1, 0.15) is 34.6 Å². The fraction of sp³-hybridized carbons (Fsp3) is 0.714. The molecule has 0 unspecified atom stereocenters. The molecule has 0 aliphatic rings. The second-order valence-electron chi connectivity index (χ2n) is 5.76. The molecule has 0 saturated heterocycles. The van der Waals surface area contributed by atoms with Crippen LogP contribution in [0.15, 0.2) is 12.7 Å². The van der Waals surface area contributed by atoms with E-state index in [0.29, 0.717) is 0 Å². The largest absolute Gasteiger partial charge is 0.481 e. The summed E-state index contributed by atoms with van der Waals surface area (Å²) in [7, 11) is 1.31. The van der Waals surface area contributed by atoms with Crippen LogP contribution < -0.4 is 0 Å². The van der Waals surface area contributed by atoms with Crippen molar-refractivity contribution in [1.82, 2.24) is 0 Å². The van der Waals surface area contributed by atoms with Gasteiger partial charge in [-0.25, -0.2) is 4.79 Å². The highest BCUT2D eigenvalue weighted by molar-refractivity contribution is 5.80. The van der Waals surface area contributed by atoms with Gasteiger partial charge in [-0.2, -0.15) is 0 Å². The quantitative estimate of drug-likeness (QED) is 0.537. The van der Waals surface area contributed by atoms with E-state index in [-0.39, 0.29) is 18.6 Å². The minimum absolute atomic E-state index is 0.0451. The molecule has 0 saturated carbocycles. The van der Waals surface area contributed by atoms with E-state index in [1.807, 2.05) is 0 Å². The van der Waals surface area contributed by atoms with Crippen LogP contribution >= 0.6 is 0 Å². The second kappa shape index (κ2) is 11.4. The van der Waals surface area contributed by atoms with Crippen LogP contribution in [0.2, 0.25) is 0 Å². The van der Waals surface area contributed by atoms with Crippen molar-refractivity contribution in [2.75, 3.05) is 20.3 Å². The normalized spacial score (nSPS) is 10.2. The fourth-order valence-electron chi connectivity index (χ4n) is 0.133. The summed E-state index contributed by atoms with van der Waals surface area (Å²) in [5.74, 6) is -1.15. The minimum atomic E-state index is -0.757. The number of esters is 1. The molecular weight excluding hydrogens is 264 g/mol. The van der Waals surface area contributed by atoms with Crippen LogP contribution in [0, 0.1) is 10.8 Å². The predicted molar refractivity (Wildman–Crippen MR) is 77.3 cm³/mol. The molecule has 0 aliphatic carbocycles. The Morgan fingerprint density at radius 3 is 1.40 bits per heavy atom. The molecule has 0 spiro atoms. The number of carboxylic acids is 1. The average Bonchev–Trinajstić information content (AvgIpc) is 2.38. The first-order chi connectivity index (χ1) is 8.87. The molecule has 0 bridgehead atoms. The number of aliphatic hydroxyl groups is 2. The number of hydrogen-bond donors (Lipinski definition) is 3. The zero-order chi connectivity index (χ0) is 17.0. The molecule has 20 heavy (non-hydrogen) atoms. The summed E-state index contributed by atoms with van der Waals surface area (Å²) in [6.45, 7) is 11.8. The number of aliphatic hydroxyl groups excluding tert-OH is 2. The average molecular weight is 292 g/mol. The van der Waals surface area contributed by atoms with Gasteiger partial charge >= 0.3 is 11.9 Å². The maximum Gasteiger partial charge on any atom is 0.329 e. The monoisotopic (exact) mass is 292 g/mol. The lowest BCUT2D eigenvalue weighted by molar-refractivity contribution is -0.145. The number of carbonyl (C=O) groups excluding carboxylic acids is 1. The van der Waals surface area contributed by atoms with Gasteiger partial charge in [0.2, 0.25) is 0 Å². The third-order valence-corrected chi connectivity index (χ3v) is 1.87. The Bertz CT molecular complexity index is 283. The third-order valence-electron chi connectivity index (χ3n) is 1.87. The van der Waals surface area contributed by atoms with Crippen molar-refractivity contribution in [2.24, 2.45) is 10.8 Å². The highest BCUT2D eigenvalue weighted by Crippen LogP contribution is 2.11. The Kier molecular flexibility index (Phi) is 13.5. The summed E-state index contributed by atoms with van der Waals surface area (Å²) >= 11 is 0. The van der Waals surface area contributed by atoms with E-state index in [1.165, 1.54) is 7.11 Å². The van der Waals surface area contributed by atoms with Gasteiger partial charge in [-0.3, -0.25) is 4.79 Å². The first-order valence-electron chi connectivity index (χ1n) is 6.03. The first kappa shape index (κ1) is 23.7. The highest BCUT2D eigenvalue weighted by atomic mass is 16.5. The number of carboxylic acid groups (broad SMARTS) is 1. The summed E-state index contributed by atoms with van der Waals surface area (Å²) in [5, 5.41) is 25.1. The topological polar surface area (TPSA) is 104 Å². The molecule has 6 heteroatoms. The summed E-state index contributed by atoms with van der Waals surface area (Å²) in [6, 6.07) is 0. The van der Waals surface area contributed by atoms with Gasteiger partial charge in [0.15, 0.2) is 0 Å². The van der Waals surface area contributed by atoms with Crippen LogP contribution in [0.3, 0.4) is 0 Å². The van der Waals surface area contributed by atoms with Crippen molar-refractivity contribution in [3.05, 3.63) is 12.7 Å². The Labute approximate surface area is 121 Å². The summed E-state index contributed by atoms with van der Waals surface area (Å²) in [6.07, 6.45) is 1.11.